The Bertz CT molecular complexity index is 1150. The summed E-state index contributed by atoms with van der Waals surface area (Å²) < 4.78 is 12.1. The molecule has 3 aromatic rings. The van der Waals surface area contributed by atoms with E-state index >= 15 is 0 Å². The van der Waals surface area contributed by atoms with E-state index < -0.39 is 0 Å². The number of hydrogen-bond donors (Lipinski definition) is 0. The molecule has 0 unspecified atom stereocenters. The highest BCUT2D eigenvalue weighted by Crippen LogP contribution is 2.41. The monoisotopic (exact) mass is 474 g/mol. The van der Waals surface area contributed by atoms with Gasteiger partial charge in [0.15, 0.2) is 0 Å². The van der Waals surface area contributed by atoms with Crippen molar-refractivity contribution in [3.63, 3.8) is 0 Å². The number of piperidine rings is 1. The van der Waals surface area contributed by atoms with Crippen molar-refractivity contribution in [2.45, 2.75) is 38.5 Å². The predicted octanol–water partition coefficient (Wildman–Crippen LogP) is 7.14. The van der Waals surface area contributed by atoms with Gasteiger partial charge in [-0.3, -0.25) is 0 Å². The summed E-state index contributed by atoms with van der Waals surface area (Å²) in [5.41, 5.74) is 4.84. The van der Waals surface area contributed by atoms with Gasteiger partial charge in [-0.1, -0.05) is 35.9 Å². The maximum atomic E-state index is 6.23. The normalized spacial score (nSPS) is 17.5. The minimum absolute atomic E-state index is 0.632. The van der Waals surface area contributed by atoms with Crippen LogP contribution in [0.5, 0.6) is 17.4 Å². The maximum Gasteiger partial charge on any atom is 0.226 e. The molecule has 0 amide bonds. The second-order valence-corrected chi connectivity index (χ2v) is 9.42. The molecule has 5 heteroatoms. The molecule has 0 bridgehead atoms. The first-order chi connectivity index (χ1) is 16.7. The van der Waals surface area contributed by atoms with Crippen LogP contribution in [-0.2, 0) is 6.42 Å². The van der Waals surface area contributed by atoms with E-state index in [0.29, 0.717) is 18.4 Å². The number of hydrogen-bond acceptors (Lipinski definition) is 4. The standard InChI is InChI=1S/C29H31ClN2O2/c1-2-33-27-8-3-9-28-26(27)20-23(25-7-4-16-31-29(25)34-28)6-5-17-32-18-14-22(15-19-32)21-10-12-24(30)13-11-21/h3-4,6-13,16,22H,2,5,14-15,17-20H2,1H3/b23-6-. The highest BCUT2D eigenvalue weighted by Gasteiger charge is 2.23. The van der Waals surface area contributed by atoms with Gasteiger partial charge in [-0.15, -0.1) is 0 Å². The van der Waals surface area contributed by atoms with Gasteiger partial charge in [0.25, 0.3) is 0 Å². The summed E-state index contributed by atoms with van der Waals surface area (Å²) in [6, 6.07) is 18.5. The Balaban J connectivity index is 1.27. The van der Waals surface area contributed by atoms with E-state index in [0.717, 1.165) is 60.1 Å². The van der Waals surface area contributed by atoms with Gasteiger partial charge in [0.1, 0.15) is 11.5 Å². The van der Waals surface area contributed by atoms with Gasteiger partial charge < -0.3 is 14.4 Å². The van der Waals surface area contributed by atoms with Crippen molar-refractivity contribution in [2.24, 2.45) is 0 Å². The molecule has 4 nitrogen and oxygen atoms in total. The first-order valence-electron chi connectivity index (χ1n) is 12.3. The summed E-state index contributed by atoms with van der Waals surface area (Å²) in [5, 5.41) is 0.811. The molecule has 0 spiro atoms. The third-order valence-electron chi connectivity index (χ3n) is 6.85. The van der Waals surface area contributed by atoms with Crippen LogP contribution in [0.1, 0.15) is 48.8 Å². The topological polar surface area (TPSA) is 34.6 Å². The Hall–Kier alpha value is -2.82. The smallest absolute Gasteiger partial charge is 0.226 e. The molecule has 3 heterocycles. The van der Waals surface area contributed by atoms with E-state index in [2.05, 4.69) is 34.2 Å². The molecule has 0 aliphatic carbocycles. The van der Waals surface area contributed by atoms with Crippen LogP contribution in [0.15, 0.2) is 66.9 Å². The minimum atomic E-state index is 0.632. The lowest BCUT2D eigenvalue weighted by atomic mass is 9.89. The fourth-order valence-corrected chi connectivity index (χ4v) is 5.17. The molecule has 2 aromatic carbocycles. The first kappa shape index (κ1) is 22.9. The van der Waals surface area contributed by atoms with Crippen molar-refractivity contribution in [2.75, 3.05) is 26.2 Å². The van der Waals surface area contributed by atoms with Crippen LogP contribution < -0.4 is 9.47 Å². The number of allylic oxidation sites excluding steroid dienone is 1. The molecule has 1 saturated heterocycles. The van der Waals surface area contributed by atoms with E-state index in [9.17, 15) is 0 Å². The number of halogens is 1. The molecular weight excluding hydrogens is 444 g/mol. The van der Waals surface area contributed by atoms with Crippen molar-refractivity contribution < 1.29 is 9.47 Å². The summed E-state index contributed by atoms with van der Waals surface area (Å²) in [7, 11) is 0. The number of pyridine rings is 1. The number of ether oxygens (including phenoxy) is 2. The van der Waals surface area contributed by atoms with E-state index in [-0.39, 0.29) is 0 Å². The van der Waals surface area contributed by atoms with Crippen LogP contribution in [0.25, 0.3) is 5.57 Å². The van der Waals surface area contributed by atoms with Gasteiger partial charge in [0, 0.05) is 35.3 Å². The van der Waals surface area contributed by atoms with Crippen molar-refractivity contribution in [1.82, 2.24) is 9.88 Å². The number of nitrogens with zero attached hydrogens (tertiary/aromatic N) is 2. The number of benzene rings is 2. The lowest BCUT2D eigenvalue weighted by Gasteiger charge is -2.32. The van der Waals surface area contributed by atoms with E-state index in [4.69, 9.17) is 21.1 Å². The summed E-state index contributed by atoms with van der Waals surface area (Å²) in [6.45, 7) is 5.98. The molecule has 176 valence electrons. The molecular formula is C29H31ClN2O2. The van der Waals surface area contributed by atoms with Gasteiger partial charge >= 0.3 is 0 Å². The van der Waals surface area contributed by atoms with Crippen molar-refractivity contribution in [3.05, 3.63) is 88.6 Å². The summed E-state index contributed by atoms with van der Waals surface area (Å²) in [5.74, 6) is 3.03. The van der Waals surface area contributed by atoms with Crippen LogP contribution in [0.4, 0.5) is 0 Å². The first-order valence-corrected chi connectivity index (χ1v) is 12.6. The second kappa shape index (κ2) is 10.6. The van der Waals surface area contributed by atoms with Gasteiger partial charge in [-0.25, -0.2) is 4.98 Å². The van der Waals surface area contributed by atoms with E-state index in [1.807, 2.05) is 43.3 Å². The Labute approximate surface area is 207 Å². The fourth-order valence-electron chi connectivity index (χ4n) is 5.04. The average Bonchev–Trinajstić information content (AvgIpc) is 3.02. The molecule has 2 aliphatic heterocycles. The van der Waals surface area contributed by atoms with Gasteiger partial charge in [-0.2, -0.15) is 0 Å². The average molecular weight is 475 g/mol. The zero-order valence-corrected chi connectivity index (χ0v) is 20.4. The molecule has 0 atom stereocenters. The molecule has 5 rings (SSSR count). The number of rotatable bonds is 6. The summed E-state index contributed by atoms with van der Waals surface area (Å²) in [4.78, 5) is 7.11. The summed E-state index contributed by atoms with van der Waals surface area (Å²) >= 11 is 6.06. The van der Waals surface area contributed by atoms with E-state index in [1.165, 1.54) is 24.0 Å². The van der Waals surface area contributed by atoms with Gasteiger partial charge in [0.05, 0.1) is 6.61 Å². The summed E-state index contributed by atoms with van der Waals surface area (Å²) in [6.07, 6.45) is 8.34. The Kier molecular flexibility index (Phi) is 7.17. The Morgan fingerprint density at radius 2 is 1.91 bits per heavy atom. The second-order valence-electron chi connectivity index (χ2n) is 8.99. The highest BCUT2D eigenvalue weighted by atomic mass is 35.5. The third-order valence-corrected chi connectivity index (χ3v) is 7.10. The molecule has 1 aromatic heterocycles. The fraction of sp³-hybridized carbons (Fsp3) is 0.345. The van der Waals surface area contributed by atoms with E-state index in [1.54, 1.807) is 6.20 Å². The van der Waals surface area contributed by atoms with Crippen LogP contribution in [0.2, 0.25) is 5.02 Å². The van der Waals surface area contributed by atoms with Crippen molar-refractivity contribution in [3.8, 4) is 17.4 Å². The predicted molar refractivity (Wildman–Crippen MR) is 138 cm³/mol. The van der Waals surface area contributed by atoms with Crippen LogP contribution in [0.3, 0.4) is 0 Å². The molecule has 2 aliphatic rings. The quantitative estimate of drug-likeness (QED) is 0.380. The Morgan fingerprint density at radius 3 is 2.71 bits per heavy atom. The lowest BCUT2D eigenvalue weighted by molar-refractivity contribution is 0.216. The minimum Gasteiger partial charge on any atom is -0.493 e. The van der Waals surface area contributed by atoms with Crippen LogP contribution in [0, 0.1) is 0 Å². The van der Waals surface area contributed by atoms with Crippen molar-refractivity contribution in [1.29, 1.82) is 0 Å². The maximum absolute atomic E-state index is 6.23. The number of aromatic nitrogens is 1. The number of fused-ring (bicyclic) bond motifs is 2. The molecule has 0 radical (unpaired) electrons. The third kappa shape index (κ3) is 5.13. The largest absolute Gasteiger partial charge is 0.493 e. The SMILES string of the molecule is CCOc1cccc2c1C/C(=C/CCN1CCC(c3ccc(Cl)cc3)CC1)c1cccnc1O2. The molecule has 0 N–H and O–H groups in total. The van der Waals surface area contributed by atoms with Crippen LogP contribution in [-0.4, -0.2) is 36.1 Å². The lowest BCUT2D eigenvalue weighted by Crippen LogP contribution is -2.33. The zero-order valence-electron chi connectivity index (χ0n) is 19.7. The molecule has 1 fully saturated rings. The molecule has 34 heavy (non-hydrogen) atoms. The Morgan fingerprint density at radius 1 is 1.09 bits per heavy atom. The van der Waals surface area contributed by atoms with Gasteiger partial charge in [0.2, 0.25) is 5.88 Å². The highest BCUT2D eigenvalue weighted by molar-refractivity contribution is 6.30. The zero-order chi connectivity index (χ0) is 23.3. The molecule has 0 saturated carbocycles. The number of likely N-dealkylation sites (tertiary alicyclic amines) is 1. The van der Waals surface area contributed by atoms with Crippen molar-refractivity contribution >= 4 is 17.2 Å². The van der Waals surface area contributed by atoms with Crippen LogP contribution >= 0.6 is 11.6 Å². The van der Waals surface area contributed by atoms with Gasteiger partial charge in [-0.05, 0) is 92.7 Å².